The Morgan fingerprint density at radius 1 is 1.00 bits per heavy atom. The van der Waals surface area contributed by atoms with E-state index in [1.54, 1.807) is 4.68 Å². The van der Waals surface area contributed by atoms with Crippen LogP contribution in [0.5, 0.6) is 0 Å². The van der Waals surface area contributed by atoms with Crippen molar-refractivity contribution < 1.29 is 5.11 Å². The van der Waals surface area contributed by atoms with Gasteiger partial charge >= 0.3 is 0 Å². The molecule has 5 aromatic rings. The molecule has 1 aliphatic rings. The van der Waals surface area contributed by atoms with Gasteiger partial charge in [0.2, 0.25) is 0 Å². The normalized spacial score (nSPS) is 15.3. The molecule has 0 radical (unpaired) electrons. The lowest BCUT2D eigenvalue weighted by Gasteiger charge is -2.38. The molecule has 10 nitrogen and oxygen atoms in total. The van der Waals surface area contributed by atoms with Crippen molar-refractivity contribution in [1.82, 2.24) is 33.0 Å². The summed E-state index contributed by atoms with van der Waals surface area (Å²) in [5, 5.41) is 15.8. The largest absolute Gasteiger partial charge is 0.388 e. The zero-order valence-corrected chi connectivity index (χ0v) is 23.8. The first-order valence-electron chi connectivity index (χ1n) is 12.3. The lowest BCUT2D eigenvalue weighted by Crippen LogP contribution is -2.47. The van der Waals surface area contributed by atoms with Crippen molar-refractivity contribution in [2.75, 3.05) is 13.1 Å². The molecule has 13 heteroatoms. The second kappa shape index (κ2) is 11.7. The molecule has 6 rings (SSSR count). The van der Waals surface area contributed by atoms with Crippen LogP contribution in [-0.2, 0) is 26.7 Å². The van der Waals surface area contributed by atoms with E-state index in [1.165, 1.54) is 28.2 Å². The second-order valence-electron chi connectivity index (χ2n) is 9.84. The van der Waals surface area contributed by atoms with E-state index in [0.29, 0.717) is 30.4 Å². The van der Waals surface area contributed by atoms with Crippen LogP contribution in [0.1, 0.15) is 24.0 Å². The molecule has 1 aliphatic heterocycles. The number of rotatable bonds is 6. The van der Waals surface area contributed by atoms with Crippen LogP contribution >= 0.6 is 36.5 Å². The van der Waals surface area contributed by atoms with Gasteiger partial charge in [0.25, 0.3) is 5.56 Å². The fourth-order valence-corrected chi connectivity index (χ4v) is 5.63. The van der Waals surface area contributed by atoms with E-state index < -0.39 is 5.60 Å². The van der Waals surface area contributed by atoms with Crippen LogP contribution in [-0.4, -0.2) is 56.8 Å². The van der Waals surface area contributed by atoms with Gasteiger partial charge in [-0.3, -0.25) is 18.9 Å². The number of aromatic nitrogens is 6. The molecule has 2 aromatic carbocycles. The summed E-state index contributed by atoms with van der Waals surface area (Å²) in [6.45, 7) is 2.92. The number of piperidine rings is 1. The van der Waals surface area contributed by atoms with Gasteiger partial charge in [0.1, 0.15) is 16.6 Å². The molecular weight excluding hydrogens is 559 g/mol. The fraction of sp³-hybridized carbons (Fsp3) is 0.346. The molecule has 3 N–H and O–H groups in total. The van der Waals surface area contributed by atoms with Crippen LogP contribution in [0.2, 0.25) is 0 Å². The van der Waals surface area contributed by atoms with Gasteiger partial charge in [-0.1, -0.05) is 30.3 Å². The summed E-state index contributed by atoms with van der Waals surface area (Å²) in [6, 6.07) is 14.0. The first-order chi connectivity index (χ1) is 17.9. The highest BCUT2D eigenvalue weighted by Crippen LogP contribution is 2.28. The molecule has 1 fully saturated rings. The predicted molar refractivity (Wildman–Crippen MR) is 157 cm³/mol. The third kappa shape index (κ3) is 5.69. The van der Waals surface area contributed by atoms with Crippen LogP contribution in [0, 0.1) is 0 Å². The number of likely N-dealkylation sites (tertiary alicyclic amines) is 1. The highest BCUT2D eigenvalue weighted by Gasteiger charge is 2.33. The number of hydrogen-bond donors (Lipinski definition) is 2. The maximum atomic E-state index is 13.3. The van der Waals surface area contributed by atoms with Gasteiger partial charge in [0.05, 0.1) is 35.9 Å². The van der Waals surface area contributed by atoms with Crippen molar-refractivity contribution in [2.45, 2.75) is 38.1 Å². The average Bonchev–Trinajstić information content (AvgIpc) is 3.51. The minimum absolute atomic E-state index is 0. The Morgan fingerprint density at radius 2 is 1.69 bits per heavy atom. The topological polar surface area (TPSA) is 128 Å². The SMILES string of the molecule is Cl.Cl.Cn1nc2c(=O)n(CC3(O)CCN(Cc4ccc5nsnc5c4)CC3)cnc2c1-c1ccc(CN)cc1. The summed E-state index contributed by atoms with van der Waals surface area (Å²) in [4.78, 5) is 20.2. The average molecular weight is 590 g/mol. The highest BCUT2D eigenvalue weighted by molar-refractivity contribution is 7.00. The molecule has 0 amide bonds. The molecule has 0 aliphatic carbocycles. The molecule has 206 valence electrons. The number of nitrogens with zero attached hydrogens (tertiary/aromatic N) is 7. The Labute approximate surface area is 241 Å². The zero-order chi connectivity index (χ0) is 25.6. The summed E-state index contributed by atoms with van der Waals surface area (Å²) >= 11 is 1.22. The zero-order valence-electron chi connectivity index (χ0n) is 21.4. The number of hydrogen-bond acceptors (Lipinski definition) is 9. The molecule has 3 aromatic heterocycles. The smallest absolute Gasteiger partial charge is 0.281 e. The third-order valence-corrected chi connectivity index (χ3v) is 7.81. The summed E-state index contributed by atoms with van der Waals surface area (Å²) < 4.78 is 11.8. The third-order valence-electron chi connectivity index (χ3n) is 7.25. The molecule has 1 saturated heterocycles. The van der Waals surface area contributed by atoms with Crippen LogP contribution in [0.15, 0.2) is 53.6 Å². The standard InChI is InChI=1S/C26H28N8O2S.2ClH/c1-32-24(19-5-2-17(13-27)3-6-19)22-23(29-32)25(35)34(16-28-22)15-26(36)8-10-33(11-9-26)14-18-4-7-20-21(12-18)31-37-30-20;;/h2-7,12,16,36H,8-11,13-15,27H2,1H3;2*1H. The maximum absolute atomic E-state index is 13.3. The predicted octanol–water partition coefficient (Wildman–Crippen LogP) is 3.13. The number of benzene rings is 2. The van der Waals surface area contributed by atoms with Crippen LogP contribution < -0.4 is 11.3 Å². The first-order valence-corrected chi connectivity index (χ1v) is 13.0. The van der Waals surface area contributed by atoms with E-state index >= 15 is 0 Å². The Balaban J connectivity index is 0.00000176. The molecule has 0 unspecified atom stereocenters. The monoisotopic (exact) mass is 588 g/mol. The van der Waals surface area contributed by atoms with Crippen molar-refractivity contribution in [3.8, 4) is 11.3 Å². The van der Waals surface area contributed by atoms with Crippen molar-refractivity contribution in [2.24, 2.45) is 12.8 Å². The van der Waals surface area contributed by atoms with Crippen molar-refractivity contribution in [3.05, 3.63) is 70.3 Å². The summed E-state index contributed by atoms with van der Waals surface area (Å²) in [5.41, 5.74) is 11.1. The minimum atomic E-state index is -0.978. The van der Waals surface area contributed by atoms with E-state index in [1.807, 2.05) is 37.4 Å². The van der Waals surface area contributed by atoms with E-state index in [0.717, 1.165) is 47.5 Å². The first kappa shape index (κ1) is 29.1. The molecule has 0 spiro atoms. The van der Waals surface area contributed by atoms with E-state index in [9.17, 15) is 9.90 Å². The molecule has 0 bridgehead atoms. The van der Waals surface area contributed by atoms with Crippen molar-refractivity contribution in [1.29, 1.82) is 0 Å². The van der Waals surface area contributed by atoms with Gasteiger partial charge in [-0.05, 0) is 36.1 Å². The fourth-order valence-electron chi connectivity index (χ4n) is 5.12. The number of nitrogens with two attached hydrogens (primary N) is 1. The summed E-state index contributed by atoms with van der Waals surface area (Å²) in [7, 11) is 1.81. The van der Waals surface area contributed by atoms with Crippen LogP contribution in [0.25, 0.3) is 33.3 Å². The van der Waals surface area contributed by atoms with Gasteiger partial charge < -0.3 is 10.8 Å². The van der Waals surface area contributed by atoms with Gasteiger partial charge in [-0.2, -0.15) is 13.8 Å². The lowest BCUT2D eigenvalue weighted by atomic mass is 9.91. The van der Waals surface area contributed by atoms with Gasteiger partial charge in [0, 0.05) is 38.8 Å². The molecule has 4 heterocycles. The Kier molecular flexibility index (Phi) is 8.69. The number of fused-ring (bicyclic) bond motifs is 2. The quantitative estimate of drug-likeness (QED) is 0.309. The van der Waals surface area contributed by atoms with Crippen molar-refractivity contribution in [3.63, 3.8) is 0 Å². The van der Waals surface area contributed by atoms with E-state index in [-0.39, 0.29) is 36.9 Å². The summed E-state index contributed by atoms with van der Waals surface area (Å²) in [5.74, 6) is 0. The van der Waals surface area contributed by atoms with Crippen molar-refractivity contribution >= 4 is 58.6 Å². The summed E-state index contributed by atoms with van der Waals surface area (Å²) in [6.07, 6.45) is 2.67. The van der Waals surface area contributed by atoms with Gasteiger partial charge in [-0.15, -0.1) is 24.8 Å². The molecule has 0 saturated carbocycles. The number of aliphatic hydroxyl groups is 1. The molecule has 0 atom stereocenters. The Morgan fingerprint density at radius 3 is 2.41 bits per heavy atom. The highest BCUT2D eigenvalue weighted by atomic mass is 35.5. The molecular formula is C26H30Cl2N8O2S. The Hall–Kier alpha value is -2.93. The van der Waals surface area contributed by atoms with Crippen LogP contribution in [0.3, 0.4) is 0 Å². The second-order valence-corrected chi connectivity index (χ2v) is 10.4. The minimum Gasteiger partial charge on any atom is -0.388 e. The number of halogens is 2. The Bertz CT molecular complexity index is 1640. The van der Waals surface area contributed by atoms with Crippen LogP contribution in [0.4, 0.5) is 0 Å². The lowest BCUT2D eigenvalue weighted by molar-refractivity contribution is -0.0364. The van der Waals surface area contributed by atoms with E-state index in [2.05, 4.69) is 35.9 Å². The number of aryl methyl sites for hydroxylation is 1. The maximum Gasteiger partial charge on any atom is 0.281 e. The van der Waals surface area contributed by atoms with E-state index in [4.69, 9.17) is 5.73 Å². The van der Waals surface area contributed by atoms with Gasteiger partial charge in [0.15, 0.2) is 5.52 Å². The molecule has 39 heavy (non-hydrogen) atoms. The van der Waals surface area contributed by atoms with Gasteiger partial charge in [-0.25, -0.2) is 4.98 Å².